The van der Waals surface area contributed by atoms with Crippen LogP contribution in [0.25, 0.3) is 0 Å². The monoisotopic (exact) mass is 342 g/mol. The molecular weight excluding hydrogens is 324 g/mol. The number of methoxy groups -OCH3 is 1. The van der Waals surface area contributed by atoms with Crippen LogP contribution in [0.3, 0.4) is 0 Å². The molecule has 1 aliphatic rings. The highest BCUT2D eigenvalue weighted by Gasteiger charge is 2.34. The highest BCUT2D eigenvalue weighted by atomic mass is 16.5. The van der Waals surface area contributed by atoms with Gasteiger partial charge in [0.1, 0.15) is 12.4 Å². The van der Waals surface area contributed by atoms with Crippen molar-refractivity contribution >= 4 is 17.9 Å². The maximum Gasteiger partial charge on any atom is 0.338 e. The van der Waals surface area contributed by atoms with Crippen LogP contribution in [0, 0.1) is 0 Å². The fourth-order valence-corrected chi connectivity index (χ4v) is 2.79. The number of fused-ring (bicyclic) bond motifs is 1. The second-order valence-electron chi connectivity index (χ2n) is 5.43. The number of nitrogens with zero attached hydrogens (tertiary/aromatic N) is 3. The van der Waals surface area contributed by atoms with Gasteiger partial charge >= 0.3 is 11.9 Å². The number of hydrogen-bond acceptors (Lipinski definition) is 7. The van der Waals surface area contributed by atoms with E-state index in [9.17, 15) is 9.59 Å². The number of benzene rings is 1. The minimum Gasteiger partial charge on any atom is -0.465 e. The van der Waals surface area contributed by atoms with Crippen molar-refractivity contribution in [1.82, 2.24) is 14.8 Å². The Labute approximate surface area is 144 Å². The van der Waals surface area contributed by atoms with E-state index in [1.165, 1.54) is 13.4 Å². The first kappa shape index (κ1) is 16.7. The summed E-state index contributed by atoms with van der Waals surface area (Å²) in [6.45, 7) is 3.82. The zero-order valence-corrected chi connectivity index (χ0v) is 14.1. The molecule has 2 aromatic rings. The first-order chi connectivity index (χ1) is 12.1. The molecule has 8 heteroatoms. The van der Waals surface area contributed by atoms with Gasteiger partial charge in [-0.2, -0.15) is 10.1 Å². The van der Waals surface area contributed by atoms with Crippen LogP contribution in [0.5, 0.6) is 0 Å². The van der Waals surface area contributed by atoms with E-state index in [4.69, 9.17) is 9.47 Å². The molecule has 0 saturated carbocycles. The number of hydrogen-bond donors (Lipinski definition) is 1. The zero-order valence-electron chi connectivity index (χ0n) is 14.1. The molecule has 0 aliphatic carbocycles. The van der Waals surface area contributed by atoms with Crippen molar-refractivity contribution in [3.8, 4) is 0 Å². The smallest absolute Gasteiger partial charge is 0.338 e. The quantitative estimate of drug-likeness (QED) is 0.848. The van der Waals surface area contributed by atoms with Crippen LogP contribution in [-0.2, 0) is 14.3 Å². The number of rotatable bonds is 4. The second-order valence-corrected chi connectivity index (χ2v) is 5.43. The van der Waals surface area contributed by atoms with Crippen LogP contribution in [0.2, 0.25) is 0 Å². The Morgan fingerprint density at radius 1 is 1.24 bits per heavy atom. The van der Waals surface area contributed by atoms with Crippen molar-refractivity contribution in [1.29, 1.82) is 0 Å². The predicted octanol–water partition coefficient (Wildman–Crippen LogP) is 1.92. The van der Waals surface area contributed by atoms with Crippen molar-refractivity contribution in [2.24, 2.45) is 0 Å². The van der Waals surface area contributed by atoms with Gasteiger partial charge in [-0.15, -0.1) is 0 Å². The van der Waals surface area contributed by atoms with E-state index >= 15 is 0 Å². The molecule has 0 bridgehead atoms. The molecule has 0 spiro atoms. The van der Waals surface area contributed by atoms with Crippen molar-refractivity contribution in [3.05, 3.63) is 53.0 Å². The van der Waals surface area contributed by atoms with Gasteiger partial charge in [0, 0.05) is 5.70 Å². The van der Waals surface area contributed by atoms with Gasteiger partial charge in [-0.1, -0.05) is 12.1 Å². The fraction of sp³-hybridized carbons (Fsp3) is 0.294. The molecule has 0 radical (unpaired) electrons. The van der Waals surface area contributed by atoms with E-state index in [2.05, 4.69) is 15.4 Å². The topological polar surface area (TPSA) is 95.3 Å². The van der Waals surface area contributed by atoms with Crippen LogP contribution < -0.4 is 5.32 Å². The lowest BCUT2D eigenvalue weighted by Crippen LogP contribution is -2.29. The van der Waals surface area contributed by atoms with Gasteiger partial charge < -0.3 is 14.8 Å². The molecule has 0 unspecified atom stereocenters. The van der Waals surface area contributed by atoms with Crippen LogP contribution >= 0.6 is 0 Å². The van der Waals surface area contributed by atoms with Gasteiger partial charge in [0.15, 0.2) is 0 Å². The number of carbonyl (C=O) groups excluding carboxylic acids is 2. The van der Waals surface area contributed by atoms with Crippen molar-refractivity contribution < 1.29 is 19.1 Å². The van der Waals surface area contributed by atoms with Gasteiger partial charge in [0.05, 0.1) is 24.9 Å². The molecule has 130 valence electrons. The first-order valence-electron chi connectivity index (χ1n) is 7.79. The van der Waals surface area contributed by atoms with Crippen LogP contribution in [-0.4, -0.2) is 40.4 Å². The van der Waals surface area contributed by atoms with E-state index in [0.29, 0.717) is 22.8 Å². The van der Waals surface area contributed by atoms with Gasteiger partial charge in [-0.3, -0.25) is 0 Å². The molecule has 0 amide bonds. The summed E-state index contributed by atoms with van der Waals surface area (Å²) in [6, 6.07) is 6.33. The van der Waals surface area contributed by atoms with Gasteiger partial charge in [-0.25, -0.2) is 14.3 Å². The molecule has 1 aromatic carbocycles. The normalized spacial score (nSPS) is 16.0. The highest BCUT2D eigenvalue weighted by molar-refractivity contribution is 5.92. The number of ether oxygens (including phenoxy) is 2. The zero-order chi connectivity index (χ0) is 18.0. The largest absolute Gasteiger partial charge is 0.465 e. The molecule has 1 aliphatic heterocycles. The molecule has 2 heterocycles. The Bertz CT molecular complexity index is 839. The Morgan fingerprint density at radius 2 is 1.96 bits per heavy atom. The Balaban J connectivity index is 2.07. The van der Waals surface area contributed by atoms with Gasteiger partial charge in [0.2, 0.25) is 5.95 Å². The van der Waals surface area contributed by atoms with Crippen molar-refractivity contribution in [2.45, 2.75) is 19.9 Å². The lowest BCUT2D eigenvalue weighted by atomic mass is 9.95. The lowest BCUT2D eigenvalue weighted by molar-refractivity contribution is -0.139. The molecule has 1 N–H and O–H groups in total. The highest BCUT2D eigenvalue weighted by Crippen LogP contribution is 2.35. The number of carbonyl (C=O) groups is 2. The number of esters is 2. The first-order valence-corrected chi connectivity index (χ1v) is 7.79. The maximum absolute atomic E-state index is 12.5. The Morgan fingerprint density at radius 3 is 2.60 bits per heavy atom. The molecule has 8 nitrogen and oxygen atoms in total. The van der Waals surface area contributed by atoms with E-state index in [-0.39, 0.29) is 6.61 Å². The average Bonchev–Trinajstić information content (AvgIpc) is 3.08. The average molecular weight is 342 g/mol. The summed E-state index contributed by atoms with van der Waals surface area (Å²) >= 11 is 0. The standard InChI is InChI=1S/C17H18N4O4/c1-4-25-16(23)13-10(2)20-17-18-9-19-21(17)14(13)11-5-7-12(8-6-11)15(22)24-3/h5-9,14H,4H2,1-3H3,(H,18,19,20)/t14-/m1/s1. The van der Waals surface area contributed by atoms with Crippen LogP contribution in [0.15, 0.2) is 41.9 Å². The summed E-state index contributed by atoms with van der Waals surface area (Å²) < 4.78 is 11.5. The summed E-state index contributed by atoms with van der Waals surface area (Å²) in [4.78, 5) is 28.3. The molecular formula is C17H18N4O4. The van der Waals surface area contributed by atoms with E-state index < -0.39 is 18.0 Å². The van der Waals surface area contributed by atoms with Crippen molar-refractivity contribution in [3.63, 3.8) is 0 Å². The van der Waals surface area contributed by atoms with E-state index in [1.54, 1.807) is 42.8 Å². The number of allylic oxidation sites excluding steroid dienone is 1. The predicted molar refractivity (Wildman–Crippen MR) is 88.9 cm³/mol. The van der Waals surface area contributed by atoms with Gasteiger partial charge in [0.25, 0.3) is 0 Å². The summed E-state index contributed by atoms with van der Waals surface area (Å²) in [7, 11) is 1.33. The number of nitrogens with one attached hydrogen (secondary N) is 1. The maximum atomic E-state index is 12.5. The molecule has 3 rings (SSSR count). The van der Waals surface area contributed by atoms with Crippen molar-refractivity contribution in [2.75, 3.05) is 19.0 Å². The third kappa shape index (κ3) is 2.98. The van der Waals surface area contributed by atoms with Crippen LogP contribution in [0.4, 0.5) is 5.95 Å². The number of aromatic nitrogens is 3. The summed E-state index contributed by atoms with van der Waals surface area (Å²) in [5.74, 6) is -0.307. The Kier molecular flexibility index (Phi) is 4.51. The molecule has 0 saturated heterocycles. The number of anilines is 1. The summed E-state index contributed by atoms with van der Waals surface area (Å²) in [6.07, 6.45) is 1.42. The molecule has 1 atom stereocenters. The summed E-state index contributed by atoms with van der Waals surface area (Å²) in [5, 5.41) is 7.29. The molecule has 1 aromatic heterocycles. The minimum absolute atomic E-state index is 0.272. The minimum atomic E-state index is -0.496. The fourth-order valence-electron chi connectivity index (χ4n) is 2.79. The summed E-state index contributed by atoms with van der Waals surface area (Å²) in [5.41, 5.74) is 2.31. The van der Waals surface area contributed by atoms with Gasteiger partial charge in [-0.05, 0) is 31.5 Å². The SMILES string of the molecule is CCOC(=O)C1=C(C)Nc2ncnn2[C@@H]1c1ccc(C(=O)OC)cc1. The molecule has 0 fully saturated rings. The lowest BCUT2D eigenvalue weighted by Gasteiger charge is -2.28. The second kappa shape index (κ2) is 6.76. The van der Waals surface area contributed by atoms with Crippen LogP contribution in [0.1, 0.15) is 35.8 Å². The van der Waals surface area contributed by atoms with E-state index in [1.807, 2.05) is 0 Å². The third-order valence-corrected chi connectivity index (χ3v) is 3.94. The Hall–Kier alpha value is -3.16. The third-order valence-electron chi connectivity index (χ3n) is 3.94. The van der Waals surface area contributed by atoms with E-state index in [0.717, 1.165) is 5.56 Å². The molecule has 25 heavy (non-hydrogen) atoms.